The van der Waals surface area contributed by atoms with Crippen molar-refractivity contribution in [3.63, 3.8) is 0 Å². The van der Waals surface area contributed by atoms with E-state index in [9.17, 15) is 0 Å². The van der Waals surface area contributed by atoms with Gasteiger partial charge in [-0.25, -0.2) is 0 Å². The minimum absolute atomic E-state index is 0.817. The number of pyridine rings is 1. The molecule has 3 rings (SSSR count). The predicted molar refractivity (Wildman–Crippen MR) is 85.2 cm³/mol. The third-order valence-corrected chi connectivity index (χ3v) is 3.87. The van der Waals surface area contributed by atoms with E-state index in [1.165, 1.54) is 10.9 Å². The summed E-state index contributed by atoms with van der Waals surface area (Å²) in [6.07, 6.45) is 2.68. The maximum absolute atomic E-state index is 5.31. The summed E-state index contributed by atoms with van der Waals surface area (Å²) < 4.78 is 6.40. The fourth-order valence-electron chi connectivity index (χ4n) is 2.27. The molecule has 1 heterocycles. The highest BCUT2D eigenvalue weighted by atomic mass is 79.9. The summed E-state index contributed by atoms with van der Waals surface area (Å²) in [7, 11) is 1.69. The number of fused-ring (bicyclic) bond motifs is 1. The van der Waals surface area contributed by atoms with Gasteiger partial charge in [0.05, 0.1) is 12.8 Å². The first-order valence-corrected chi connectivity index (χ1v) is 7.21. The summed E-state index contributed by atoms with van der Waals surface area (Å²) in [4.78, 5) is 4.53. The minimum atomic E-state index is 0.817. The zero-order valence-electron chi connectivity index (χ0n) is 11.1. The van der Waals surface area contributed by atoms with Crippen LogP contribution in [-0.4, -0.2) is 12.1 Å². The summed E-state index contributed by atoms with van der Waals surface area (Å²) in [5.41, 5.74) is 2.32. The van der Waals surface area contributed by atoms with Crippen LogP contribution in [0.25, 0.3) is 10.8 Å². The number of nitrogens with zero attached hydrogens (tertiary/aromatic N) is 1. The van der Waals surface area contributed by atoms with Crippen molar-refractivity contribution < 1.29 is 4.74 Å². The second kappa shape index (κ2) is 5.63. The number of hydrogen-bond donors (Lipinski definition) is 0. The molecule has 0 saturated carbocycles. The highest BCUT2D eigenvalue weighted by molar-refractivity contribution is 9.10. The Labute approximate surface area is 126 Å². The van der Waals surface area contributed by atoms with Crippen molar-refractivity contribution in [2.45, 2.75) is 6.42 Å². The molecule has 0 aliphatic carbocycles. The van der Waals surface area contributed by atoms with Crippen LogP contribution in [0.2, 0.25) is 0 Å². The van der Waals surface area contributed by atoms with E-state index >= 15 is 0 Å². The summed E-state index contributed by atoms with van der Waals surface area (Å²) in [6.45, 7) is 0. The van der Waals surface area contributed by atoms with E-state index in [1.54, 1.807) is 7.11 Å². The van der Waals surface area contributed by atoms with Crippen LogP contribution in [0.15, 0.2) is 59.2 Å². The topological polar surface area (TPSA) is 22.1 Å². The second-order valence-corrected chi connectivity index (χ2v) is 5.56. The Morgan fingerprint density at radius 2 is 1.85 bits per heavy atom. The van der Waals surface area contributed by atoms with Crippen molar-refractivity contribution >= 4 is 26.7 Å². The lowest BCUT2D eigenvalue weighted by molar-refractivity contribution is 0.415. The van der Waals surface area contributed by atoms with E-state index in [2.05, 4.69) is 57.3 Å². The normalized spacial score (nSPS) is 10.7. The fourth-order valence-corrected chi connectivity index (χ4v) is 2.54. The van der Waals surface area contributed by atoms with Gasteiger partial charge in [0.15, 0.2) is 0 Å². The summed E-state index contributed by atoms with van der Waals surface area (Å²) >= 11 is 3.46. The number of ether oxygens (including phenoxy) is 1. The zero-order valence-corrected chi connectivity index (χ0v) is 12.7. The standard InChI is InChI=1S/C17H14BrNO/c1-20-15-7-4-13-8-9-19-17(16(13)11-15)10-12-2-5-14(18)6-3-12/h2-9,11H,10H2,1H3. The van der Waals surface area contributed by atoms with Gasteiger partial charge >= 0.3 is 0 Å². The molecule has 0 spiro atoms. The van der Waals surface area contributed by atoms with Crippen molar-refractivity contribution in [3.05, 3.63) is 70.5 Å². The van der Waals surface area contributed by atoms with E-state index in [0.29, 0.717) is 0 Å². The molecule has 1 aromatic heterocycles. The van der Waals surface area contributed by atoms with Gasteiger partial charge in [0, 0.05) is 22.5 Å². The Kier molecular flexibility index (Phi) is 3.70. The maximum atomic E-state index is 5.31. The van der Waals surface area contributed by atoms with Crippen LogP contribution in [0.4, 0.5) is 0 Å². The number of benzene rings is 2. The van der Waals surface area contributed by atoms with Crippen LogP contribution in [0.5, 0.6) is 5.75 Å². The molecule has 0 aliphatic heterocycles. The number of hydrogen-bond acceptors (Lipinski definition) is 2. The van der Waals surface area contributed by atoms with Crippen molar-refractivity contribution in [2.24, 2.45) is 0 Å². The number of halogens is 1. The van der Waals surface area contributed by atoms with Gasteiger partial charge in [-0.05, 0) is 41.3 Å². The Bertz CT molecular complexity index is 738. The third-order valence-electron chi connectivity index (χ3n) is 3.34. The van der Waals surface area contributed by atoms with Gasteiger partial charge in [0.1, 0.15) is 5.75 Å². The summed E-state index contributed by atoms with van der Waals surface area (Å²) in [5, 5.41) is 2.34. The molecule has 0 bridgehead atoms. The molecule has 3 aromatic rings. The molecular weight excluding hydrogens is 314 g/mol. The van der Waals surface area contributed by atoms with Crippen LogP contribution in [0, 0.1) is 0 Å². The van der Waals surface area contributed by atoms with E-state index in [-0.39, 0.29) is 0 Å². The molecule has 0 fully saturated rings. The smallest absolute Gasteiger partial charge is 0.119 e. The Hall–Kier alpha value is -1.87. The molecule has 2 aromatic carbocycles. The molecule has 0 amide bonds. The highest BCUT2D eigenvalue weighted by Crippen LogP contribution is 2.24. The molecule has 0 N–H and O–H groups in total. The molecule has 0 aliphatic rings. The minimum Gasteiger partial charge on any atom is -0.497 e. The van der Waals surface area contributed by atoms with Crippen LogP contribution in [-0.2, 0) is 6.42 Å². The van der Waals surface area contributed by atoms with E-state index in [1.807, 2.05) is 18.3 Å². The van der Waals surface area contributed by atoms with E-state index in [4.69, 9.17) is 4.74 Å². The van der Waals surface area contributed by atoms with E-state index < -0.39 is 0 Å². The molecule has 0 unspecified atom stereocenters. The molecule has 2 nitrogen and oxygen atoms in total. The number of methoxy groups -OCH3 is 1. The van der Waals surface area contributed by atoms with Crippen molar-refractivity contribution in [1.29, 1.82) is 0 Å². The first-order chi connectivity index (χ1) is 9.76. The van der Waals surface area contributed by atoms with Crippen LogP contribution in [0.1, 0.15) is 11.3 Å². The van der Waals surface area contributed by atoms with Gasteiger partial charge in [0.2, 0.25) is 0 Å². The van der Waals surface area contributed by atoms with Crippen LogP contribution < -0.4 is 4.74 Å². The fraction of sp³-hybridized carbons (Fsp3) is 0.118. The first kappa shape index (κ1) is 13.1. The average molecular weight is 328 g/mol. The van der Waals surface area contributed by atoms with Crippen molar-refractivity contribution in [2.75, 3.05) is 7.11 Å². The molecule has 0 saturated heterocycles. The van der Waals surface area contributed by atoms with Gasteiger partial charge in [-0.2, -0.15) is 0 Å². The Morgan fingerprint density at radius 1 is 1.05 bits per heavy atom. The molecule has 0 atom stereocenters. The van der Waals surface area contributed by atoms with Crippen LogP contribution >= 0.6 is 15.9 Å². The lowest BCUT2D eigenvalue weighted by atomic mass is 10.0. The first-order valence-electron chi connectivity index (χ1n) is 6.42. The molecular formula is C17H14BrNO. The van der Waals surface area contributed by atoms with Gasteiger partial charge in [0.25, 0.3) is 0 Å². The van der Waals surface area contributed by atoms with Gasteiger partial charge in [-0.3, -0.25) is 4.98 Å². The van der Waals surface area contributed by atoms with Crippen molar-refractivity contribution in [3.8, 4) is 5.75 Å². The quantitative estimate of drug-likeness (QED) is 0.701. The molecule has 3 heteroatoms. The second-order valence-electron chi connectivity index (χ2n) is 4.65. The lowest BCUT2D eigenvalue weighted by Crippen LogP contribution is -1.94. The summed E-state index contributed by atoms with van der Waals surface area (Å²) in [5.74, 6) is 0.863. The monoisotopic (exact) mass is 327 g/mol. The Morgan fingerprint density at radius 3 is 2.60 bits per heavy atom. The van der Waals surface area contributed by atoms with E-state index in [0.717, 1.165) is 27.7 Å². The number of rotatable bonds is 3. The van der Waals surface area contributed by atoms with Crippen LogP contribution in [0.3, 0.4) is 0 Å². The molecule has 0 radical (unpaired) electrons. The number of aromatic nitrogens is 1. The lowest BCUT2D eigenvalue weighted by Gasteiger charge is -2.08. The molecule has 20 heavy (non-hydrogen) atoms. The van der Waals surface area contributed by atoms with Gasteiger partial charge in [-0.15, -0.1) is 0 Å². The molecule has 100 valence electrons. The maximum Gasteiger partial charge on any atom is 0.119 e. The van der Waals surface area contributed by atoms with Gasteiger partial charge < -0.3 is 4.74 Å². The predicted octanol–water partition coefficient (Wildman–Crippen LogP) is 4.60. The van der Waals surface area contributed by atoms with Gasteiger partial charge in [-0.1, -0.05) is 34.1 Å². The third kappa shape index (κ3) is 2.68. The highest BCUT2D eigenvalue weighted by Gasteiger charge is 2.05. The Balaban J connectivity index is 2.04. The zero-order chi connectivity index (χ0) is 13.9. The average Bonchev–Trinajstić information content (AvgIpc) is 2.49. The summed E-state index contributed by atoms with van der Waals surface area (Å²) in [6, 6.07) is 16.5. The van der Waals surface area contributed by atoms with Crippen molar-refractivity contribution in [1.82, 2.24) is 4.98 Å². The largest absolute Gasteiger partial charge is 0.497 e. The SMILES string of the molecule is COc1ccc2ccnc(Cc3ccc(Br)cc3)c2c1.